The molecule has 2 unspecified atom stereocenters. The monoisotopic (exact) mass is 276 g/mol. The van der Waals surface area contributed by atoms with E-state index >= 15 is 0 Å². The normalized spacial score (nSPS) is 22.4. The number of amides is 1. The molecule has 2 atom stereocenters. The number of likely N-dealkylation sites (tertiary alicyclic amines) is 1. The van der Waals surface area contributed by atoms with Crippen LogP contribution in [0.25, 0.3) is 0 Å². The van der Waals surface area contributed by atoms with Crippen LogP contribution in [0, 0.1) is 5.92 Å². The number of anilines is 1. The van der Waals surface area contributed by atoms with Crippen LogP contribution >= 0.6 is 0 Å². The van der Waals surface area contributed by atoms with E-state index in [1.165, 1.54) is 0 Å². The summed E-state index contributed by atoms with van der Waals surface area (Å²) in [5.41, 5.74) is 1.19. The molecular formula is C15H24N4O. The van der Waals surface area contributed by atoms with Crippen LogP contribution in [0.3, 0.4) is 0 Å². The molecule has 2 heterocycles. The SMILES string of the molecule is CNc1cnc(C(C)C)nc1C(=O)N1CC(C)CC1C. The molecule has 5 nitrogen and oxygen atoms in total. The third-order valence-electron chi connectivity index (χ3n) is 3.84. The van der Waals surface area contributed by atoms with E-state index in [1.807, 2.05) is 18.7 Å². The van der Waals surface area contributed by atoms with Gasteiger partial charge in [0.15, 0.2) is 5.69 Å². The highest BCUT2D eigenvalue weighted by Gasteiger charge is 2.32. The maximum absolute atomic E-state index is 12.8. The summed E-state index contributed by atoms with van der Waals surface area (Å²) in [6.45, 7) is 9.16. The van der Waals surface area contributed by atoms with Gasteiger partial charge in [-0.05, 0) is 19.3 Å². The Morgan fingerprint density at radius 1 is 1.45 bits per heavy atom. The first-order valence-electron chi connectivity index (χ1n) is 7.29. The largest absolute Gasteiger partial charge is 0.385 e. The van der Waals surface area contributed by atoms with E-state index in [1.54, 1.807) is 13.2 Å². The molecular weight excluding hydrogens is 252 g/mol. The second-order valence-electron chi connectivity index (χ2n) is 6.04. The minimum Gasteiger partial charge on any atom is -0.385 e. The highest BCUT2D eigenvalue weighted by atomic mass is 16.2. The summed E-state index contributed by atoms with van der Waals surface area (Å²) in [6, 6.07) is 0.277. The Morgan fingerprint density at radius 2 is 2.15 bits per heavy atom. The highest BCUT2D eigenvalue weighted by molar-refractivity contribution is 5.97. The third-order valence-corrected chi connectivity index (χ3v) is 3.84. The summed E-state index contributed by atoms with van der Waals surface area (Å²) in [4.78, 5) is 23.5. The van der Waals surface area contributed by atoms with Gasteiger partial charge in [-0.3, -0.25) is 4.79 Å². The smallest absolute Gasteiger partial charge is 0.274 e. The maximum atomic E-state index is 12.8. The molecule has 110 valence electrons. The van der Waals surface area contributed by atoms with E-state index in [2.05, 4.69) is 29.1 Å². The minimum absolute atomic E-state index is 0.00972. The first-order valence-corrected chi connectivity index (χ1v) is 7.29. The molecule has 0 saturated carbocycles. The number of carbonyl (C=O) groups is 1. The highest BCUT2D eigenvalue weighted by Crippen LogP contribution is 2.26. The zero-order chi connectivity index (χ0) is 14.9. The Kier molecular flexibility index (Phi) is 4.26. The topological polar surface area (TPSA) is 58.1 Å². The fourth-order valence-corrected chi connectivity index (χ4v) is 2.74. The Balaban J connectivity index is 2.35. The fraction of sp³-hybridized carbons (Fsp3) is 0.667. The van der Waals surface area contributed by atoms with E-state index in [-0.39, 0.29) is 17.9 Å². The molecule has 1 aliphatic heterocycles. The zero-order valence-electron chi connectivity index (χ0n) is 13.0. The van der Waals surface area contributed by atoms with Gasteiger partial charge in [-0.25, -0.2) is 9.97 Å². The molecule has 0 radical (unpaired) electrons. The van der Waals surface area contributed by atoms with Gasteiger partial charge in [0.05, 0.1) is 11.9 Å². The lowest BCUT2D eigenvalue weighted by atomic mass is 10.1. The van der Waals surface area contributed by atoms with Gasteiger partial charge in [0.25, 0.3) is 5.91 Å². The number of aromatic nitrogens is 2. The van der Waals surface area contributed by atoms with E-state index in [0.29, 0.717) is 23.1 Å². The molecule has 1 amide bonds. The van der Waals surface area contributed by atoms with Crippen molar-refractivity contribution in [3.8, 4) is 0 Å². The van der Waals surface area contributed by atoms with Crippen LogP contribution in [0.4, 0.5) is 5.69 Å². The van der Waals surface area contributed by atoms with Crippen molar-refractivity contribution in [1.29, 1.82) is 0 Å². The number of carbonyl (C=O) groups excluding carboxylic acids is 1. The van der Waals surface area contributed by atoms with Crippen LogP contribution in [-0.4, -0.2) is 40.4 Å². The van der Waals surface area contributed by atoms with Gasteiger partial charge in [-0.2, -0.15) is 0 Å². The average Bonchev–Trinajstić information content (AvgIpc) is 2.76. The van der Waals surface area contributed by atoms with Crippen molar-refractivity contribution < 1.29 is 4.79 Å². The standard InChI is InChI=1S/C15H24N4O/c1-9(2)14-17-7-12(16-5)13(18-14)15(20)19-8-10(3)6-11(19)4/h7,9-11,16H,6,8H2,1-5H3. The van der Waals surface area contributed by atoms with Gasteiger partial charge < -0.3 is 10.2 Å². The Morgan fingerprint density at radius 3 is 2.65 bits per heavy atom. The Labute approximate surface area is 120 Å². The first kappa shape index (κ1) is 14.8. The quantitative estimate of drug-likeness (QED) is 0.921. The second-order valence-corrected chi connectivity index (χ2v) is 6.04. The lowest BCUT2D eigenvalue weighted by Gasteiger charge is -2.22. The Bertz CT molecular complexity index is 501. The van der Waals surface area contributed by atoms with E-state index in [4.69, 9.17) is 0 Å². The van der Waals surface area contributed by atoms with Crippen LogP contribution < -0.4 is 5.32 Å². The summed E-state index contributed by atoms with van der Waals surface area (Å²) in [7, 11) is 1.79. The number of hydrogen-bond donors (Lipinski definition) is 1. The van der Waals surface area contributed by atoms with Gasteiger partial charge in [0.2, 0.25) is 0 Å². The molecule has 1 aromatic rings. The molecule has 1 N–H and O–H groups in total. The van der Waals surface area contributed by atoms with Crippen LogP contribution in [0.1, 0.15) is 56.3 Å². The summed E-state index contributed by atoms with van der Waals surface area (Å²) < 4.78 is 0. The van der Waals surface area contributed by atoms with Gasteiger partial charge in [-0.15, -0.1) is 0 Å². The van der Waals surface area contributed by atoms with Crippen molar-refractivity contribution in [2.24, 2.45) is 5.92 Å². The lowest BCUT2D eigenvalue weighted by Crippen LogP contribution is -2.35. The van der Waals surface area contributed by atoms with Crippen molar-refractivity contribution in [3.63, 3.8) is 0 Å². The van der Waals surface area contributed by atoms with E-state index < -0.39 is 0 Å². The molecule has 0 aromatic carbocycles. The molecule has 5 heteroatoms. The number of hydrogen-bond acceptors (Lipinski definition) is 4. The van der Waals surface area contributed by atoms with Crippen LogP contribution in [-0.2, 0) is 0 Å². The Hall–Kier alpha value is -1.65. The first-order chi connectivity index (χ1) is 9.43. The fourth-order valence-electron chi connectivity index (χ4n) is 2.74. The summed E-state index contributed by atoms with van der Waals surface area (Å²) >= 11 is 0. The predicted octanol–water partition coefficient (Wildman–Crippen LogP) is 2.51. The van der Waals surface area contributed by atoms with Gasteiger partial charge in [0, 0.05) is 25.6 Å². The molecule has 1 fully saturated rings. The molecule has 1 saturated heterocycles. The van der Waals surface area contributed by atoms with E-state index in [0.717, 1.165) is 13.0 Å². The molecule has 20 heavy (non-hydrogen) atoms. The van der Waals surface area contributed by atoms with Crippen LogP contribution in [0.5, 0.6) is 0 Å². The van der Waals surface area contributed by atoms with Crippen molar-refractivity contribution in [3.05, 3.63) is 17.7 Å². The number of nitrogens with one attached hydrogen (secondary N) is 1. The predicted molar refractivity (Wildman–Crippen MR) is 79.9 cm³/mol. The lowest BCUT2D eigenvalue weighted by molar-refractivity contribution is 0.0738. The zero-order valence-corrected chi connectivity index (χ0v) is 13.0. The summed E-state index contributed by atoms with van der Waals surface area (Å²) in [5, 5.41) is 3.02. The minimum atomic E-state index is 0.00972. The van der Waals surface area contributed by atoms with Gasteiger partial charge in [-0.1, -0.05) is 20.8 Å². The van der Waals surface area contributed by atoms with Crippen LogP contribution in [0.2, 0.25) is 0 Å². The van der Waals surface area contributed by atoms with Gasteiger partial charge in [0.1, 0.15) is 5.82 Å². The molecule has 0 spiro atoms. The van der Waals surface area contributed by atoms with Crippen molar-refractivity contribution >= 4 is 11.6 Å². The second kappa shape index (κ2) is 5.77. The summed E-state index contributed by atoms with van der Waals surface area (Å²) in [5.74, 6) is 1.49. The third kappa shape index (κ3) is 2.76. The average molecular weight is 276 g/mol. The molecule has 1 aromatic heterocycles. The van der Waals surface area contributed by atoms with Crippen molar-refractivity contribution in [2.45, 2.75) is 46.1 Å². The molecule has 2 rings (SSSR count). The molecule has 0 aliphatic carbocycles. The summed E-state index contributed by atoms with van der Waals surface area (Å²) in [6.07, 6.45) is 2.77. The van der Waals surface area contributed by atoms with E-state index in [9.17, 15) is 4.79 Å². The maximum Gasteiger partial charge on any atom is 0.274 e. The number of nitrogens with zero attached hydrogens (tertiary/aromatic N) is 3. The van der Waals surface area contributed by atoms with Gasteiger partial charge >= 0.3 is 0 Å². The molecule has 1 aliphatic rings. The van der Waals surface area contributed by atoms with Crippen LogP contribution in [0.15, 0.2) is 6.20 Å². The molecule has 0 bridgehead atoms. The number of rotatable bonds is 3. The van der Waals surface area contributed by atoms with Crippen molar-refractivity contribution in [2.75, 3.05) is 18.9 Å². The van der Waals surface area contributed by atoms with Crippen molar-refractivity contribution in [1.82, 2.24) is 14.9 Å².